The van der Waals surface area contributed by atoms with Gasteiger partial charge in [0.15, 0.2) is 0 Å². The highest BCUT2D eigenvalue weighted by Crippen LogP contribution is 2.28. The lowest BCUT2D eigenvalue weighted by atomic mass is 10.3. The third kappa shape index (κ3) is 4.47. The Balaban J connectivity index is 1.44. The van der Waals surface area contributed by atoms with Gasteiger partial charge in [-0.2, -0.15) is 0 Å². The number of ether oxygens (including phenoxy) is 1. The third-order valence-corrected chi connectivity index (χ3v) is 3.80. The van der Waals surface area contributed by atoms with Crippen LogP contribution in [0.4, 0.5) is 0 Å². The van der Waals surface area contributed by atoms with Crippen molar-refractivity contribution in [2.45, 2.75) is 45.1 Å². The first-order valence-corrected chi connectivity index (χ1v) is 7.78. The molecular formula is C17H23NO4. The zero-order chi connectivity index (χ0) is 15.4. The molecular weight excluding hydrogens is 282 g/mol. The van der Waals surface area contributed by atoms with Crippen LogP contribution in [0.1, 0.15) is 30.1 Å². The first-order valence-electron chi connectivity index (χ1n) is 7.78. The van der Waals surface area contributed by atoms with Crippen molar-refractivity contribution < 1.29 is 18.7 Å². The highest BCUT2D eigenvalue weighted by molar-refractivity contribution is 5.06. The smallest absolute Gasteiger partial charge is 0.129 e. The maximum atomic E-state index is 10.2. The van der Waals surface area contributed by atoms with Crippen molar-refractivity contribution in [2.24, 2.45) is 0 Å². The van der Waals surface area contributed by atoms with Gasteiger partial charge in [0.25, 0.3) is 0 Å². The molecule has 1 fully saturated rings. The monoisotopic (exact) mass is 305 g/mol. The average molecular weight is 305 g/mol. The standard InChI is InChI=1S/C17H23NO4/c1-13-4-7-16(22-13)10-18(14-5-6-14)9-15(19)11-20-12-17-3-2-8-21-17/h2-4,7-8,14-15,19H,5-6,9-12H2,1H3. The molecule has 22 heavy (non-hydrogen) atoms. The van der Waals surface area contributed by atoms with Crippen LogP contribution in [0.3, 0.4) is 0 Å². The summed E-state index contributed by atoms with van der Waals surface area (Å²) in [7, 11) is 0. The molecule has 0 bridgehead atoms. The number of furan rings is 2. The number of aliphatic hydroxyl groups excluding tert-OH is 1. The fourth-order valence-electron chi connectivity index (χ4n) is 2.57. The van der Waals surface area contributed by atoms with E-state index < -0.39 is 6.10 Å². The number of aryl methyl sites for hydroxylation is 1. The molecule has 5 nitrogen and oxygen atoms in total. The van der Waals surface area contributed by atoms with Crippen LogP contribution < -0.4 is 0 Å². The lowest BCUT2D eigenvalue weighted by molar-refractivity contribution is 0.00153. The SMILES string of the molecule is Cc1ccc(CN(CC(O)COCc2ccco2)C2CC2)o1. The molecule has 1 aliphatic carbocycles. The van der Waals surface area contributed by atoms with Gasteiger partial charge in [0.2, 0.25) is 0 Å². The number of hydrogen-bond acceptors (Lipinski definition) is 5. The van der Waals surface area contributed by atoms with Gasteiger partial charge < -0.3 is 18.7 Å². The van der Waals surface area contributed by atoms with Crippen molar-refractivity contribution in [1.29, 1.82) is 0 Å². The van der Waals surface area contributed by atoms with Crippen LogP contribution in [0.5, 0.6) is 0 Å². The molecule has 5 heteroatoms. The Morgan fingerprint density at radius 1 is 1.32 bits per heavy atom. The summed E-state index contributed by atoms with van der Waals surface area (Å²) in [6.07, 6.45) is 3.50. The predicted octanol–water partition coefficient (Wildman–Crippen LogP) is 2.72. The first-order chi connectivity index (χ1) is 10.7. The highest BCUT2D eigenvalue weighted by Gasteiger charge is 2.30. The van der Waals surface area contributed by atoms with Crippen LogP contribution in [0.25, 0.3) is 0 Å². The second-order valence-corrected chi connectivity index (χ2v) is 5.92. The van der Waals surface area contributed by atoms with Crippen LogP contribution in [-0.2, 0) is 17.9 Å². The molecule has 1 unspecified atom stereocenters. The molecule has 2 aromatic heterocycles. The van der Waals surface area contributed by atoms with Crippen molar-refractivity contribution in [3.63, 3.8) is 0 Å². The Morgan fingerprint density at radius 2 is 2.18 bits per heavy atom. The number of aliphatic hydroxyl groups is 1. The van der Waals surface area contributed by atoms with E-state index in [1.165, 1.54) is 12.8 Å². The fraction of sp³-hybridized carbons (Fsp3) is 0.529. The van der Waals surface area contributed by atoms with Crippen molar-refractivity contribution in [1.82, 2.24) is 4.90 Å². The summed E-state index contributed by atoms with van der Waals surface area (Å²) in [5, 5.41) is 10.2. The maximum Gasteiger partial charge on any atom is 0.129 e. The van der Waals surface area contributed by atoms with E-state index in [4.69, 9.17) is 13.6 Å². The van der Waals surface area contributed by atoms with E-state index in [0.717, 1.165) is 23.8 Å². The van der Waals surface area contributed by atoms with Gasteiger partial charge in [0.1, 0.15) is 23.9 Å². The minimum Gasteiger partial charge on any atom is -0.467 e. The third-order valence-electron chi connectivity index (χ3n) is 3.80. The van der Waals surface area contributed by atoms with Crippen LogP contribution in [0.2, 0.25) is 0 Å². The Bertz CT molecular complexity index is 559. The number of nitrogens with zero attached hydrogens (tertiary/aromatic N) is 1. The van der Waals surface area contributed by atoms with E-state index in [9.17, 15) is 5.11 Å². The molecule has 0 aliphatic heterocycles. The molecule has 0 spiro atoms. The molecule has 0 radical (unpaired) electrons. The lowest BCUT2D eigenvalue weighted by Gasteiger charge is -2.23. The molecule has 1 aliphatic rings. The summed E-state index contributed by atoms with van der Waals surface area (Å²) in [4.78, 5) is 2.28. The molecule has 120 valence electrons. The number of rotatable bonds is 9. The Labute approximate surface area is 130 Å². The van der Waals surface area contributed by atoms with Crippen molar-refractivity contribution in [2.75, 3.05) is 13.2 Å². The van der Waals surface area contributed by atoms with E-state index in [1.54, 1.807) is 6.26 Å². The van der Waals surface area contributed by atoms with Gasteiger partial charge in [-0.15, -0.1) is 0 Å². The Hall–Kier alpha value is -1.56. The molecule has 2 heterocycles. The normalized spacial score (nSPS) is 16.3. The molecule has 0 saturated heterocycles. The van der Waals surface area contributed by atoms with Gasteiger partial charge in [-0.3, -0.25) is 4.90 Å². The minimum absolute atomic E-state index is 0.307. The van der Waals surface area contributed by atoms with E-state index in [1.807, 2.05) is 31.2 Å². The van der Waals surface area contributed by atoms with Gasteiger partial charge in [0.05, 0.1) is 25.5 Å². The van der Waals surface area contributed by atoms with E-state index >= 15 is 0 Å². The van der Waals surface area contributed by atoms with Crippen molar-refractivity contribution in [3.8, 4) is 0 Å². The quantitative estimate of drug-likeness (QED) is 0.772. The summed E-state index contributed by atoms with van der Waals surface area (Å²) in [6, 6.07) is 8.23. The average Bonchev–Trinajstić information content (AvgIpc) is 3.06. The van der Waals surface area contributed by atoms with Crippen LogP contribution in [0, 0.1) is 6.92 Å². The Morgan fingerprint density at radius 3 is 2.82 bits per heavy atom. The van der Waals surface area contributed by atoms with Gasteiger partial charge in [-0.05, 0) is 44.0 Å². The summed E-state index contributed by atoms with van der Waals surface area (Å²) in [6.45, 7) is 3.99. The van der Waals surface area contributed by atoms with Crippen LogP contribution in [-0.4, -0.2) is 35.3 Å². The van der Waals surface area contributed by atoms with E-state index in [0.29, 0.717) is 25.8 Å². The maximum absolute atomic E-state index is 10.2. The lowest BCUT2D eigenvalue weighted by Crippen LogP contribution is -2.36. The summed E-state index contributed by atoms with van der Waals surface area (Å²) >= 11 is 0. The number of hydrogen-bond donors (Lipinski definition) is 1. The molecule has 1 atom stereocenters. The minimum atomic E-state index is -0.508. The highest BCUT2D eigenvalue weighted by atomic mass is 16.5. The molecule has 1 N–H and O–H groups in total. The zero-order valence-corrected chi connectivity index (χ0v) is 12.9. The van der Waals surface area contributed by atoms with Gasteiger partial charge in [0, 0.05) is 12.6 Å². The topological polar surface area (TPSA) is 59.0 Å². The summed E-state index contributed by atoms with van der Waals surface area (Å²) < 4.78 is 16.3. The van der Waals surface area contributed by atoms with Gasteiger partial charge in [-0.1, -0.05) is 0 Å². The largest absolute Gasteiger partial charge is 0.467 e. The summed E-state index contributed by atoms with van der Waals surface area (Å²) in [5.74, 6) is 2.65. The second kappa shape index (κ2) is 7.13. The molecule has 1 saturated carbocycles. The predicted molar refractivity (Wildman–Crippen MR) is 81.2 cm³/mol. The molecule has 0 amide bonds. The van der Waals surface area contributed by atoms with Gasteiger partial charge >= 0.3 is 0 Å². The molecule has 3 rings (SSSR count). The van der Waals surface area contributed by atoms with Gasteiger partial charge in [-0.25, -0.2) is 0 Å². The second-order valence-electron chi connectivity index (χ2n) is 5.92. The van der Waals surface area contributed by atoms with E-state index in [2.05, 4.69) is 4.90 Å². The Kier molecular flexibility index (Phi) is 4.97. The fourth-order valence-corrected chi connectivity index (χ4v) is 2.57. The molecule has 0 aromatic carbocycles. The van der Waals surface area contributed by atoms with Crippen LogP contribution >= 0.6 is 0 Å². The van der Waals surface area contributed by atoms with Crippen molar-refractivity contribution >= 4 is 0 Å². The van der Waals surface area contributed by atoms with E-state index in [-0.39, 0.29) is 0 Å². The molecule has 2 aromatic rings. The van der Waals surface area contributed by atoms with Crippen LogP contribution in [0.15, 0.2) is 39.4 Å². The first kappa shape index (κ1) is 15.3. The van der Waals surface area contributed by atoms with Crippen molar-refractivity contribution in [3.05, 3.63) is 47.8 Å². The zero-order valence-electron chi connectivity index (χ0n) is 12.9. The summed E-state index contributed by atoms with van der Waals surface area (Å²) in [5.41, 5.74) is 0.